The van der Waals surface area contributed by atoms with Gasteiger partial charge < -0.3 is 14.8 Å². The molecule has 0 unspecified atom stereocenters. The Labute approximate surface area is 129 Å². The summed E-state index contributed by atoms with van der Waals surface area (Å²) in [6.45, 7) is 5.73. The van der Waals surface area contributed by atoms with E-state index in [1.54, 1.807) is 38.1 Å². The van der Waals surface area contributed by atoms with Gasteiger partial charge in [-0.25, -0.2) is 5.43 Å². The van der Waals surface area contributed by atoms with Crippen molar-refractivity contribution in [1.29, 1.82) is 0 Å². The number of nitrogens with zero attached hydrogens (tertiary/aromatic N) is 1. The highest BCUT2D eigenvalue weighted by Gasteiger charge is 2.17. The molecule has 7 heteroatoms. The summed E-state index contributed by atoms with van der Waals surface area (Å²) in [6.07, 6.45) is 0.527. The minimum absolute atomic E-state index is 0.133. The number of rotatable bonds is 8. The lowest BCUT2D eigenvalue weighted by molar-refractivity contribution is -0.170. The summed E-state index contributed by atoms with van der Waals surface area (Å²) in [4.78, 5) is 22.7. The third kappa shape index (κ3) is 6.47. The molecule has 0 aliphatic carbocycles. The average molecular weight is 307 g/mol. The molecule has 0 bridgehead atoms. The molecule has 0 atom stereocenters. The largest absolute Gasteiger partial charge is 0.345 e. The van der Waals surface area contributed by atoms with Gasteiger partial charge in [-0.05, 0) is 31.5 Å². The van der Waals surface area contributed by atoms with Crippen molar-refractivity contribution in [3.63, 3.8) is 0 Å². The van der Waals surface area contributed by atoms with Gasteiger partial charge in [-0.2, -0.15) is 5.10 Å². The van der Waals surface area contributed by atoms with Gasteiger partial charge in [-0.1, -0.05) is 12.1 Å². The van der Waals surface area contributed by atoms with Crippen LogP contribution < -0.4 is 10.7 Å². The second-order valence-electron chi connectivity index (χ2n) is 4.28. The molecule has 120 valence electrons. The van der Waals surface area contributed by atoms with Crippen LogP contribution in [0.5, 0.6) is 0 Å². The second kappa shape index (κ2) is 9.64. The molecular formula is C15H21N3O4. The predicted molar refractivity (Wildman–Crippen MR) is 83.5 cm³/mol. The molecule has 0 aromatic heterocycles. The molecule has 22 heavy (non-hydrogen) atoms. The Kier molecular flexibility index (Phi) is 7.80. The third-order valence-electron chi connectivity index (χ3n) is 2.47. The van der Waals surface area contributed by atoms with E-state index in [-0.39, 0.29) is 5.91 Å². The van der Waals surface area contributed by atoms with Gasteiger partial charge in [-0.15, -0.1) is 0 Å². The second-order valence-corrected chi connectivity index (χ2v) is 4.28. The van der Waals surface area contributed by atoms with E-state index in [0.717, 1.165) is 5.56 Å². The Bertz CT molecular complexity index is 508. The molecule has 0 spiro atoms. The Balaban J connectivity index is 2.53. The van der Waals surface area contributed by atoms with Crippen molar-refractivity contribution < 1.29 is 19.1 Å². The van der Waals surface area contributed by atoms with E-state index in [9.17, 15) is 9.59 Å². The lowest BCUT2D eigenvalue weighted by atomic mass is 10.2. The Morgan fingerprint density at radius 3 is 2.27 bits per heavy atom. The fourth-order valence-corrected chi connectivity index (χ4v) is 1.58. The van der Waals surface area contributed by atoms with Crippen LogP contribution in [0.4, 0.5) is 5.69 Å². The molecule has 0 saturated heterocycles. The Hall–Kier alpha value is -2.25. The maximum absolute atomic E-state index is 11.8. The maximum atomic E-state index is 11.8. The molecule has 0 radical (unpaired) electrons. The van der Waals surface area contributed by atoms with Gasteiger partial charge >= 0.3 is 0 Å². The molecule has 7 nitrogen and oxygen atoms in total. The summed E-state index contributed by atoms with van der Waals surface area (Å²) >= 11 is 0. The van der Waals surface area contributed by atoms with Gasteiger partial charge in [0.1, 0.15) is 0 Å². The van der Waals surface area contributed by atoms with Crippen LogP contribution in [-0.2, 0) is 19.1 Å². The highest BCUT2D eigenvalue weighted by molar-refractivity contribution is 5.89. The molecule has 1 rings (SSSR count). The number of carbonyl (C=O) groups is 2. The summed E-state index contributed by atoms with van der Waals surface area (Å²) in [5, 5.41) is 6.51. The zero-order valence-electron chi connectivity index (χ0n) is 13.0. The number of benzene rings is 1. The van der Waals surface area contributed by atoms with Crippen LogP contribution in [0.25, 0.3) is 0 Å². The zero-order chi connectivity index (χ0) is 16.4. The van der Waals surface area contributed by atoms with Crippen molar-refractivity contribution in [3.05, 3.63) is 29.8 Å². The first-order chi connectivity index (χ1) is 10.6. The number of hydrogen-bond donors (Lipinski definition) is 2. The molecule has 0 heterocycles. The maximum Gasteiger partial charge on any atom is 0.297 e. The van der Waals surface area contributed by atoms with Crippen molar-refractivity contribution in [2.45, 2.75) is 27.1 Å². The quantitative estimate of drug-likeness (QED) is 0.433. The molecule has 0 aliphatic heterocycles. The van der Waals surface area contributed by atoms with Crippen LogP contribution in [0.15, 0.2) is 29.4 Å². The molecular weight excluding hydrogens is 286 g/mol. The minimum atomic E-state index is -0.964. The van der Waals surface area contributed by atoms with Gasteiger partial charge in [0.05, 0.1) is 6.21 Å². The van der Waals surface area contributed by atoms with Crippen LogP contribution >= 0.6 is 0 Å². The van der Waals surface area contributed by atoms with Gasteiger partial charge in [0.25, 0.3) is 5.91 Å². The molecule has 0 fully saturated rings. The number of ether oxygens (including phenoxy) is 2. The summed E-state index contributed by atoms with van der Waals surface area (Å²) < 4.78 is 10.3. The van der Waals surface area contributed by atoms with Crippen LogP contribution in [0.1, 0.15) is 26.3 Å². The standard InChI is InChI=1S/C15H21N3O4/c1-4-21-15(22-5-2)14(20)18-16-10-12-6-8-13(9-7-12)17-11(3)19/h6-10,15H,4-5H2,1-3H3,(H,17,19)(H,18,20)/b16-10-. The normalized spacial score (nSPS) is 10.9. The number of nitrogens with one attached hydrogen (secondary N) is 2. The van der Waals surface area contributed by atoms with Gasteiger partial charge in [-0.3, -0.25) is 9.59 Å². The number of amides is 2. The van der Waals surface area contributed by atoms with Gasteiger partial charge in [0.2, 0.25) is 12.2 Å². The van der Waals surface area contributed by atoms with E-state index < -0.39 is 12.2 Å². The number of hydrogen-bond acceptors (Lipinski definition) is 5. The van der Waals surface area contributed by atoms with E-state index in [2.05, 4.69) is 15.8 Å². The highest BCUT2D eigenvalue weighted by Crippen LogP contribution is 2.07. The van der Waals surface area contributed by atoms with Gasteiger partial charge in [0.15, 0.2) is 0 Å². The molecule has 1 aromatic carbocycles. The summed E-state index contributed by atoms with van der Waals surface area (Å²) in [7, 11) is 0. The first-order valence-electron chi connectivity index (χ1n) is 7.00. The highest BCUT2D eigenvalue weighted by atomic mass is 16.7. The first kappa shape index (κ1) is 17.8. The molecule has 0 saturated carbocycles. The van der Waals surface area contributed by atoms with Crippen LogP contribution in [0.3, 0.4) is 0 Å². The van der Waals surface area contributed by atoms with Crippen LogP contribution in [-0.4, -0.2) is 37.5 Å². The monoisotopic (exact) mass is 307 g/mol. The topological polar surface area (TPSA) is 89.0 Å². The third-order valence-corrected chi connectivity index (χ3v) is 2.47. The van der Waals surface area contributed by atoms with E-state index in [0.29, 0.717) is 18.9 Å². The number of carbonyl (C=O) groups excluding carboxylic acids is 2. The molecule has 2 N–H and O–H groups in total. The predicted octanol–water partition coefficient (Wildman–Crippen LogP) is 1.49. The lowest BCUT2D eigenvalue weighted by Crippen LogP contribution is -2.35. The summed E-state index contributed by atoms with van der Waals surface area (Å²) in [5.41, 5.74) is 3.83. The SMILES string of the molecule is CCOC(OCC)C(=O)N/N=C\c1ccc(NC(C)=O)cc1. The summed E-state index contributed by atoms with van der Waals surface area (Å²) in [6, 6.07) is 7.02. The average Bonchev–Trinajstić information content (AvgIpc) is 2.48. The Morgan fingerprint density at radius 2 is 1.77 bits per heavy atom. The number of anilines is 1. The first-order valence-corrected chi connectivity index (χ1v) is 7.00. The van der Waals surface area contributed by atoms with E-state index in [1.165, 1.54) is 13.1 Å². The van der Waals surface area contributed by atoms with Crippen molar-refractivity contribution in [1.82, 2.24) is 5.43 Å². The molecule has 1 aromatic rings. The Morgan fingerprint density at radius 1 is 1.18 bits per heavy atom. The van der Waals surface area contributed by atoms with E-state index in [4.69, 9.17) is 9.47 Å². The lowest BCUT2D eigenvalue weighted by Gasteiger charge is -2.14. The van der Waals surface area contributed by atoms with Crippen molar-refractivity contribution in [2.24, 2.45) is 5.10 Å². The smallest absolute Gasteiger partial charge is 0.297 e. The fraction of sp³-hybridized carbons (Fsp3) is 0.400. The van der Waals surface area contributed by atoms with Crippen LogP contribution in [0.2, 0.25) is 0 Å². The zero-order valence-corrected chi connectivity index (χ0v) is 13.0. The number of hydrazone groups is 1. The van der Waals surface area contributed by atoms with Crippen LogP contribution in [0, 0.1) is 0 Å². The van der Waals surface area contributed by atoms with Gasteiger partial charge in [0, 0.05) is 25.8 Å². The molecule has 2 amide bonds. The minimum Gasteiger partial charge on any atom is -0.345 e. The van der Waals surface area contributed by atoms with Crippen molar-refractivity contribution >= 4 is 23.7 Å². The summed E-state index contributed by atoms with van der Waals surface area (Å²) in [5.74, 6) is -0.596. The van der Waals surface area contributed by atoms with E-state index >= 15 is 0 Å². The van der Waals surface area contributed by atoms with E-state index in [1.807, 2.05) is 0 Å². The van der Waals surface area contributed by atoms with Crippen molar-refractivity contribution in [3.8, 4) is 0 Å². The van der Waals surface area contributed by atoms with Crippen molar-refractivity contribution in [2.75, 3.05) is 18.5 Å². The fourth-order valence-electron chi connectivity index (χ4n) is 1.58. The molecule has 0 aliphatic rings.